The number of hydrogen-bond acceptors (Lipinski definition) is 6. The zero-order valence-electron chi connectivity index (χ0n) is 21.4. The summed E-state index contributed by atoms with van der Waals surface area (Å²) in [7, 11) is 1.79. The quantitative estimate of drug-likeness (QED) is 0.369. The minimum Gasteiger partial charge on any atom is -0.507 e. The number of aliphatic hydroxyl groups is 1. The molecule has 1 unspecified atom stereocenters. The van der Waals surface area contributed by atoms with Crippen molar-refractivity contribution in [1.29, 1.82) is 0 Å². The van der Waals surface area contributed by atoms with Crippen LogP contribution in [0.2, 0.25) is 0 Å². The number of hydrogen-bond donors (Lipinski definition) is 1. The molecule has 1 N–H and O–H groups in total. The Kier molecular flexibility index (Phi) is 7.31. The highest BCUT2D eigenvalue weighted by Crippen LogP contribution is 2.40. The Labute approximate surface area is 207 Å². The highest BCUT2D eigenvalue weighted by atomic mass is 16.5. The Morgan fingerprint density at radius 3 is 2.31 bits per heavy atom. The van der Waals surface area contributed by atoms with E-state index in [1.807, 2.05) is 45.0 Å². The monoisotopic (exact) mass is 480 g/mol. The number of benzene rings is 1. The Balaban J connectivity index is 1.76. The number of aliphatic hydroxyl groups excluding tert-OH is 1. The number of Topliss-reactive ketones (excluding diaryl/α,β-unsaturated/α-hetero) is 1. The first kappa shape index (κ1) is 25.0. The molecule has 188 valence electrons. The third-order valence-electron chi connectivity index (χ3n) is 6.96. The molecule has 1 atom stereocenters. The fraction of sp³-hybridized carbons (Fsp3) is 0.519. The van der Waals surface area contributed by atoms with Gasteiger partial charge in [-0.2, -0.15) is 5.10 Å². The van der Waals surface area contributed by atoms with Gasteiger partial charge in [-0.05, 0) is 71.3 Å². The Morgan fingerprint density at radius 1 is 1.09 bits per heavy atom. The van der Waals surface area contributed by atoms with E-state index in [9.17, 15) is 14.7 Å². The topological polar surface area (TPSA) is 87.9 Å². The van der Waals surface area contributed by atoms with E-state index in [4.69, 9.17) is 4.74 Å². The predicted molar refractivity (Wildman–Crippen MR) is 134 cm³/mol. The maximum absolute atomic E-state index is 13.3. The minimum atomic E-state index is -0.674. The molecule has 0 radical (unpaired) electrons. The van der Waals surface area contributed by atoms with E-state index in [0.29, 0.717) is 30.1 Å². The van der Waals surface area contributed by atoms with Crippen LogP contribution >= 0.6 is 0 Å². The summed E-state index contributed by atoms with van der Waals surface area (Å²) in [6.07, 6.45) is 3.57. The van der Waals surface area contributed by atoms with Crippen LogP contribution < -0.4 is 4.74 Å². The smallest absolute Gasteiger partial charge is 0.295 e. The number of nitrogens with zero attached hydrogens (tertiary/aromatic N) is 4. The number of rotatable bonds is 7. The summed E-state index contributed by atoms with van der Waals surface area (Å²) in [4.78, 5) is 30.6. The molecule has 0 aliphatic carbocycles. The van der Waals surface area contributed by atoms with Crippen molar-refractivity contribution in [2.45, 2.75) is 59.1 Å². The lowest BCUT2D eigenvalue weighted by Crippen LogP contribution is -2.39. The van der Waals surface area contributed by atoms with Crippen molar-refractivity contribution in [3.8, 4) is 5.75 Å². The Bertz CT molecular complexity index is 1130. The predicted octanol–water partition coefficient (Wildman–Crippen LogP) is 3.73. The zero-order valence-corrected chi connectivity index (χ0v) is 21.4. The van der Waals surface area contributed by atoms with E-state index in [1.54, 1.807) is 23.6 Å². The lowest BCUT2D eigenvalue weighted by atomic mass is 9.94. The number of carbonyl (C=O) groups excluding carboxylic acids is 2. The van der Waals surface area contributed by atoms with Gasteiger partial charge in [0.1, 0.15) is 11.5 Å². The van der Waals surface area contributed by atoms with Crippen molar-refractivity contribution < 1.29 is 19.4 Å². The fourth-order valence-corrected chi connectivity index (χ4v) is 5.14. The average Bonchev–Trinajstić information content (AvgIpc) is 3.23. The van der Waals surface area contributed by atoms with Crippen molar-refractivity contribution >= 4 is 17.4 Å². The molecule has 3 heterocycles. The van der Waals surface area contributed by atoms with Crippen LogP contribution in [0.1, 0.15) is 61.7 Å². The summed E-state index contributed by atoms with van der Waals surface area (Å²) in [5.74, 6) is -0.682. The van der Waals surface area contributed by atoms with E-state index in [-0.39, 0.29) is 17.4 Å². The summed E-state index contributed by atoms with van der Waals surface area (Å²) < 4.78 is 7.45. The van der Waals surface area contributed by atoms with Gasteiger partial charge in [0.15, 0.2) is 0 Å². The van der Waals surface area contributed by atoms with Gasteiger partial charge in [0, 0.05) is 25.8 Å². The van der Waals surface area contributed by atoms with Gasteiger partial charge in [-0.3, -0.25) is 14.3 Å². The molecule has 1 amide bonds. The lowest BCUT2D eigenvalue weighted by molar-refractivity contribution is -0.140. The Morgan fingerprint density at radius 2 is 1.74 bits per heavy atom. The highest BCUT2D eigenvalue weighted by Gasteiger charge is 2.46. The summed E-state index contributed by atoms with van der Waals surface area (Å²) >= 11 is 0. The molecule has 2 fully saturated rings. The van der Waals surface area contributed by atoms with Crippen LogP contribution in [-0.2, 0) is 16.6 Å². The molecule has 2 aliphatic heterocycles. The standard InChI is InChI=1S/C27H36N4O4/c1-17(2)35-21-11-9-20(10-12-21)24-23(25(32)22-18(3)28-29(5)19(22)4)26(33)27(34)31(24)16-15-30-13-7-6-8-14-30/h9-12,17,24,32H,6-8,13-16H2,1-5H3/b25-23+. The van der Waals surface area contributed by atoms with E-state index < -0.39 is 17.7 Å². The number of aryl methyl sites for hydroxylation is 2. The molecule has 2 aliphatic rings. The second-order valence-corrected chi connectivity index (χ2v) is 9.80. The van der Waals surface area contributed by atoms with Crippen LogP contribution in [0.5, 0.6) is 5.75 Å². The van der Waals surface area contributed by atoms with Gasteiger partial charge in [-0.15, -0.1) is 0 Å². The van der Waals surface area contributed by atoms with Gasteiger partial charge in [0.05, 0.1) is 29.0 Å². The van der Waals surface area contributed by atoms with E-state index in [1.165, 1.54) is 6.42 Å². The van der Waals surface area contributed by atoms with Crippen molar-refractivity contribution in [1.82, 2.24) is 19.6 Å². The first-order valence-electron chi connectivity index (χ1n) is 12.5. The normalized spacial score (nSPS) is 20.7. The van der Waals surface area contributed by atoms with Gasteiger partial charge in [0.2, 0.25) is 0 Å². The second-order valence-electron chi connectivity index (χ2n) is 9.80. The van der Waals surface area contributed by atoms with Crippen LogP contribution in [0.25, 0.3) is 5.76 Å². The van der Waals surface area contributed by atoms with Crippen molar-refractivity contribution in [2.75, 3.05) is 26.2 Å². The van der Waals surface area contributed by atoms with Gasteiger partial charge in [0.25, 0.3) is 11.7 Å². The third-order valence-corrected chi connectivity index (χ3v) is 6.96. The van der Waals surface area contributed by atoms with Gasteiger partial charge in [-0.25, -0.2) is 0 Å². The molecule has 8 heteroatoms. The fourth-order valence-electron chi connectivity index (χ4n) is 5.14. The Hall–Kier alpha value is -3.13. The molecule has 0 saturated carbocycles. The second kappa shape index (κ2) is 10.2. The number of amides is 1. The number of ether oxygens (including phenoxy) is 1. The maximum Gasteiger partial charge on any atom is 0.295 e. The number of aromatic nitrogens is 2. The third kappa shape index (κ3) is 4.98. The average molecular weight is 481 g/mol. The highest BCUT2D eigenvalue weighted by molar-refractivity contribution is 6.46. The molecule has 0 bridgehead atoms. The van der Waals surface area contributed by atoms with E-state index in [2.05, 4.69) is 10.00 Å². The SMILES string of the molecule is Cc1nn(C)c(C)c1/C(O)=C1\C(=O)C(=O)N(CCN2CCCCC2)C1c1ccc(OC(C)C)cc1. The number of ketones is 1. The van der Waals surface area contributed by atoms with Gasteiger partial charge >= 0.3 is 0 Å². The number of likely N-dealkylation sites (tertiary alicyclic amines) is 2. The van der Waals surface area contributed by atoms with Crippen LogP contribution in [0.4, 0.5) is 0 Å². The first-order valence-corrected chi connectivity index (χ1v) is 12.5. The molecule has 1 aromatic carbocycles. The minimum absolute atomic E-state index is 0.0348. The molecular weight excluding hydrogens is 444 g/mol. The van der Waals surface area contributed by atoms with Crippen LogP contribution in [0.3, 0.4) is 0 Å². The van der Waals surface area contributed by atoms with Crippen molar-refractivity contribution in [3.63, 3.8) is 0 Å². The number of carbonyl (C=O) groups is 2. The zero-order chi connectivity index (χ0) is 25.3. The van der Waals surface area contributed by atoms with Gasteiger partial charge < -0.3 is 19.6 Å². The summed E-state index contributed by atoms with van der Waals surface area (Å²) in [5.41, 5.74) is 2.73. The largest absolute Gasteiger partial charge is 0.507 e. The summed E-state index contributed by atoms with van der Waals surface area (Å²) in [5, 5.41) is 15.8. The summed E-state index contributed by atoms with van der Waals surface area (Å²) in [6.45, 7) is 10.7. The van der Waals surface area contributed by atoms with Crippen molar-refractivity contribution in [3.05, 3.63) is 52.4 Å². The molecular formula is C27H36N4O4. The number of piperidine rings is 1. The van der Waals surface area contributed by atoms with E-state index >= 15 is 0 Å². The molecule has 4 rings (SSSR count). The molecule has 2 saturated heterocycles. The van der Waals surface area contributed by atoms with Crippen LogP contribution in [0, 0.1) is 13.8 Å². The molecule has 8 nitrogen and oxygen atoms in total. The first-order chi connectivity index (χ1) is 16.7. The van der Waals surface area contributed by atoms with E-state index in [0.717, 1.165) is 37.2 Å². The van der Waals surface area contributed by atoms with Gasteiger partial charge in [-0.1, -0.05) is 18.6 Å². The maximum atomic E-state index is 13.3. The summed E-state index contributed by atoms with van der Waals surface area (Å²) in [6, 6.07) is 6.77. The molecule has 1 aromatic heterocycles. The lowest BCUT2D eigenvalue weighted by Gasteiger charge is -2.31. The van der Waals surface area contributed by atoms with Crippen LogP contribution in [-0.4, -0.2) is 68.7 Å². The molecule has 35 heavy (non-hydrogen) atoms. The molecule has 0 spiro atoms. The van der Waals surface area contributed by atoms with Crippen LogP contribution in [0.15, 0.2) is 29.8 Å². The van der Waals surface area contributed by atoms with Crippen molar-refractivity contribution in [2.24, 2.45) is 7.05 Å². The molecule has 2 aromatic rings.